The van der Waals surface area contributed by atoms with Gasteiger partial charge in [0.2, 0.25) is 5.91 Å². The van der Waals surface area contributed by atoms with Crippen molar-refractivity contribution in [3.8, 4) is 0 Å². The molecule has 0 spiro atoms. The third kappa shape index (κ3) is 2.94. The number of rotatable bonds is 4. The summed E-state index contributed by atoms with van der Waals surface area (Å²) >= 11 is 0. The van der Waals surface area contributed by atoms with Crippen molar-refractivity contribution in [1.29, 1.82) is 0 Å². The quantitative estimate of drug-likeness (QED) is 0.861. The lowest BCUT2D eigenvalue weighted by molar-refractivity contribution is -0.147. The molecule has 5 aliphatic carbocycles. The molecule has 0 aromatic carbocycles. The van der Waals surface area contributed by atoms with Gasteiger partial charge in [0.25, 0.3) is 0 Å². The second kappa shape index (κ2) is 6.17. The van der Waals surface area contributed by atoms with Crippen LogP contribution in [0.1, 0.15) is 70.0 Å². The molecule has 5 fully saturated rings. The highest BCUT2D eigenvalue weighted by atomic mass is 16.3. The van der Waals surface area contributed by atoms with Gasteiger partial charge in [-0.15, -0.1) is 0 Å². The number of nitrogens with one attached hydrogen (secondary N) is 1. The summed E-state index contributed by atoms with van der Waals surface area (Å²) in [5.41, 5.74) is -0.0125. The molecule has 2 atom stereocenters. The molecule has 1 N–H and O–H groups in total. The van der Waals surface area contributed by atoms with E-state index in [0.29, 0.717) is 17.9 Å². The third-order valence-corrected chi connectivity index (χ3v) is 7.79. The lowest BCUT2D eigenvalue weighted by Gasteiger charge is -2.56. The maximum absolute atomic E-state index is 13.4. The van der Waals surface area contributed by atoms with Gasteiger partial charge in [0.1, 0.15) is 5.76 Å². The number of carbonyl (C=O) groups excluding carboxylic acids is 1. The summed E-state index contributed by atoms with van der Waals surface area (Å²) in [5, 5.41) is 3.56. The van der Waals surface area contributed by atoms with Crippen molar-refractivity contribution < 1.29 is 9.21 Å². The van der Waals surface area contributed by atoms with Crippen molar-refractivity contribution >= 4 is 5.91 Å². The fourth-order valence-electron chi connectivity index (χ4n) is 7.04. The van der Waals surface area contributed by atoms with Gasteiger partial charge in [-0.25, -0.2) is 0 Å². The smallest absolute Gasteiger partial charge is 0.226 e. The summed E-state index contributed by atoms with van der Waals surface area (Å²) in [6.45, 7) is 0. The van der Waals surface area contributed by atoms with Crippen LogP contribution in [0.4, 0.5) is 0 Å². The summed E-state index contributed by atoms with van der Waals surface area (Å²) in [4.78, 5) is 13.4. The monoisotopic (exact) mass is 341 g/mol. The second-order valence-corrected chi connectivity index (χ2v) is 9.61. The Morgan fingerprint density at radius 1 is 1.08 bits per heavy atom. The largest absolute Gasteiger partial charge is 0.469 e. The van der Waals surface area contributed by atoms with Gasteiger partial charge >= 0.3 is 0 Å². The van der Waals surface area contributed by atoms with E-state index in [-0.39, 0.29) is 5.41 Å². The minimum Gasteiger partial charge on any atom is -0.469 e. The van der Waals surface area contributed by atoms with Gasteiger partial charge in [0, 0.05) is 17.9 Å². The Labute approximate surface area is 150 Å². The van der Waals surface area contributed by atoms with E-state index >= 15 is 0 Å². The van der Waals surface area contributed by atoms with Crippen LogP contribution < -0.4 is 5.32 Å². The van der Waals surface area contributed by atoms with E-state index in [2.05, 4.69) is 11.4 Å². The molecule has 5 aliphatic rings. The zero-order valence-corrected chi connectivity index (χ0v) is 15.2. The van der Waals surface area contributed by atoms with Crippen molar-refractivity contribution in [1.82, 2.24) is 5.32 Å². The van der Waals surface area contributed by atoms with E-state index in [1.54, 1.807) is 6.26 Å². The van der Waals surface area contributed by atoms with Crippen molar-refractivity contribution in [2.24, 2.45) is 29.1 Å². The van der Waals surface area contributed by atoms with Gasteiger partial charge in [-0.05, 0) is 87.2 Å². The fourth-order valence-corrected chi connectivity index (χ4v) is 7.04. The highest BCUT2D eigenvalue weighted by Gasteiger charge is 2.54. The normalized spacial score (nSPS) is 42.5. The molecule has 1 amide bonds. The number of furan rings is 1. The van der Waals surface area contributed by atoms with Crippen molar-refractivity contribution in [2.75, 3.05) is 0 Å². The summed E-state index contributed by atoms with van der Waals surface area (Å²) in [6, 6.07) is 4.40. The second-order valence-electron chi connectivity index (χ2n) is 9.61. The lowest BCUT2D eigenvalue weighted by atomic mass is 9.49. The minimum absolute atomic E-state index is 0.0125. The van der Waals surface area contributed by atoms with Gasteiger partial charge < -0.3 is 9.73 Å². The van der Waals surface area contributed by atoms with E-state index < -0.39 is 0 Å². The molecule has 6 rings (SSSR count). The van der Waals surface area contributed by atoms with Gasteiger partial charge in [-0.3, -0.25) is 4.79 Å². The Hall–Kier alpha value is -1.25. The van der Waals surface area contributed by atoms with Crippen LogP contribution in [0.5, 0.6) is 0 Å². The molecule has 1 heterocycles. The Morgan fingerprint density at radius 3 is 2.40 bits per heavy atom. The van der Waals surface area contributed by atoms with Crippen LogP contribution in [-0.4, -0.2) is 11.9 Å². The first-order chi connectivity index (χ1) is 12.2. The van der Waals surface area contributed by atoms with Crippen LogP contribution in [0.15, 0.2) is 22.8 Å². The van der Waals surface area contributed by atoms with Crippen LogP contribution in [0.25, 0.3) is 0 Å². The first kappa shape index (κ1) is 16.0. The van der Waals surface area contributed by atoms with E-state index in [1.165, 1.54) is 57.8 Å². The molecule has 3 heteroatoms. The predicted octanol–water partition coefficient (Wildman–Crippen LogP) is 4.71. The molecule has 136 valence electrons. The Morgan fingerprint density at radius 2 is 1.76 bits per heavy atom. The topological polar surface area (TPSA) is 42.2 Å². The Balaban J connectivity index is 1.29. The standard InChI is InChI=1S/C22H31NO2/c24-21(22-12-15-8-16(13-22)10-17(9-15)14-22)23-20-6-2-1-4-18(20)11-19-5-3-7-25-19/h3,5,7,15-18,20H,1-2,4,6,8-14H2,(H,23,24). The highest BCUT2D eigenvalue weighted by molar-refractivity contribution is 5.83. The van der Waals surface area contributed by atoms with Crippen molar-refractivity contribution in [2.45, 2.75) is 76.7 Å². The summed E-state index contributed by atoms with van der Waals surface area (Å²) < 4.78 is 5.58. The number of amides is 1. The van der Waals surface area contributed by atoms with Crippen molar-refractivity contribution in [3.05, 3.63) is 24.2 Å². The molecule has 1 aromatic rings. The first-order valence-corrected chi connectivity index (χ1v) is 10.5. The highest BCUT2D eigenvalue weighted by Crippen LogP contribution is 2.60. The molecule has 0 radical (unpaired) electrons. The fraction of sp³-hybridized carbons (Fsp3) is 0.773. The Bertz CT molecular complexity index is 585. The first-order valence-electron chi connectivity index (χ1n) is 10.5. The summed E-state index contributed by atoms with van der Waals surface area (Å²) in [6.07, 6.45) is 15.3. The van der Waals surface area contributed by atoms with E-state index in [0.717, 1.165) is 36.4 Å². The number of hydrogen-bond acceptors (Lipinski definition) is 2. The van der Waals surface area contributed by atoms with Crippen LogP contribution in [0, 0.1) is 29.1 Å². The number of hydrogen-bond donors (Lipinski definition) is 1. The van der Waals surface area contributed by atoms with Crippen molar-refractivity contribution in [3.63, 3.8) is 0 Å². The van der Waals surface area contributed by atoms with Crippen LogP contribution in [0.3, 0.4) is 0 Å². The zero-order valence-electron chi connectivity index (χ0n) is 15.2. The van der Waals surface area contributed by atoms with Gasteiger partial charge in [-0.2, -0.15) is 0 Å². The van der Waals surface area contributed by atoms with Gasteiger partial charge in [0.15, 0.2) is 0 Å². The molecule has 3 nitrogen and oxygen atoms in total. The van der Waals surface area contributed by atoms with Crippen LogP contribution in [-0.2, 0) is 11.2 Å². The van der Waals surface area contributed by atoms with Crippen LogP contribution in [0.2, 0.25) is 0 Å². The van der Waals surface area contributed by atoms with E-state index in [9.17, 15) is 4.79 Å². The molecule has 25 heavy (non-hydrogen) atoms. The summed E-state index contributed by atoms with van der Waals surface area (Å²) in [5.74, 6) is 4.52. The SMILES string of the molecule is O=C(NC1CCCCC1Cc1ccco1)C12CC3CC(CC(C3)C1)C2. The third-order valence-electron chi connectivity index (χ3n) is 7.79. The molecule has 4 bridgehead atoms. The Kier molecular flexibility index (Phi) is 3.94. The maximum atomic E-state index is 13.4. The molecule has 0 saturated heterocycles. The average Bonchev–Trinajstić information content (AvgIpc) is 3.08. The van der Waals surface area contributed by atoms with Gasteiger partial charge in [0.05, 0.1) is 6.26 Å². The van der Waals surface area contributed by atoms with Crippen LogP contribution >= 0.6 is 0 Å². The molecule has 1 aromatic heterocycles. The molecule has 2 unspecified atom stereocenters. The van der Waals surface area contributed by atoms with E-state index in [1.807, 2.05) is 6.07 Å². The molecular formula is C22H31NO2. The maximum Gasteiger partial charge on any atom is 0.226 e. The number of carbonyl (C=O) groups is 1. The van der Waals surface area contributed by atoms with Gasteiger partial charge in [-0.1, -0.05) is 12.8 Å². The molecule has 5 saturated carbocycles. The predicted molar refractivity (Wildman–Crippen MR) is 96.9 cm³/mol. The minimum atomic E-state index is -0.0125. The lowest BCUT2D eigenvalue weighted by Crippen LogP contribution is -2.56. The zero-order chi connectivity index (χ0) is 16.9. The summed E-state index contributed by atoms with van der Waals surface area (Å²) in [7, 11) is 0. The average molecular weight is 341 g/mol. The molecule has 0 aliphatic heterocycles. The van der Waals surface area contributed by atoms with E-state index in [4.69, 9.17) is 4.42 Å². The molecular weight excluding hydrogens is 310 g/mol.